The summed E-state index contributed by atoms with van der Waals surface area (Å²) in [5.74, 6) is 0.875. The molecule has 0 bridgehead atoms. The van der Waals surface area contributed by atoms with Gasteiger partial charge in [0.05, 0.1) is 17.6 Å². The molecule has 10 heteroatoms. The molecule has 3 heterocycles. The van der Waals surface area contributed by atoms with E-state index in [9.17, 15) is 10.2 Å². The highest BCUT2D eigenvalue weighted by atomic mass is 16.5. The van der Waals surface area contributed by atoms with Gasteiger partial charge >= 0.3 is 6.01 Å². The third-order valence-electron chi connectivity index (χ3n) is 4.56. The molecule has 29 heavy (non-hydrogen) atoms. The highest BCUT2D eigenvalue weighted by Crippen LogP contribution is 2.33. The highest BCUT2D eigenvalue weighted by Gasteiger charge is 2.31. The van der Waals surface area contributed by atoms with Crippen molar-refractivity contribution in [3.63, 3.8) is 0 Å². The largest absolute Gasteiger partial charge is 0.465 e. The Balaban J connectivity index is 1.89. The molecule has 150 valence electrons. The number of nitrogen functional groups attached to an aromatic ring is 1. The first-order valence-corrected chi connectivity index (χ1v) is 8.98. The topological polar surface area (TPSA) is 145 Å². The Morgan fingerprint density at radius 1 is 1.24 bits per heavy atom. The fourth-order valence-corrected chi connectivity index (χ4v) is 3.06. The summed E-state index contributed by atoms with van der Waals surface area (Å²) in [4.78, 5) is 12.7. The van der Waals surface area contributed by atoms with Crippen LogP contribution in [0, 0.1) is 0 Å². The van der Waals surface area contributed by atoms with Crippen LogP contribution >= 0.6 is 0 Å². The maximum atomic E-state index is 11.1. The quantitative estimate of drug-likeness (QED) is 0.441. The van der Waals surface area contributed by atoms with Crippen molar-refractivity contribution in [3.05, 3.63) is 53.5 Å². The molecule has 4 rings (SSSR count). The Morgan fingerprint density at radius 2 is 2.07 bits per heavy atom. The number of aromatic nitrogens is 5. The van der Waals surface area contributed by atoms with Gasteiger partial charge in [-0.1, -0.05) is 11.2 Å². The van der Waals surface area contributed by atoms with E-state index in [0.29, 0.717) is 35.0 Å². The Bertz CT molecular complexity index is 1170. The zero-order valence-electron chi connectivity index (χ0n) is 15.9. The smallest absolute Gasteiger partial charge is 0.303 e. The van der Waals surface area contributed by atoms with E-state index in [4.69, 9.17) is 15.0 Å². The Kier molecular flexibility index (Phi) is 4.65. The van der Waals surface area contributed by atoms with Gasteiger partial charge in [-0.25, -0.2) is 9.55 Å². The van der Waals surface area contributed by atoms with Crippen LogP contribution < -0.4 is 10.5 Å². The number of benzene rings is 1. The van der Waals surface area contributed by atoms with Gasteiger partial charge in [-0.15, -0.1) is 0 Å². The molecule has 0 fully saturated rings. The van der Waals surface area contributed by atoms with Crippen LogP contribution in [0.5, 0.6) is 6.01 Å². The fraction of sp³-hybridized carbons (Fsp3) is 0.263. The molecule has 3 aromatic heterocycles. The fourth-order valence-electron chi connectivity index (χ4n) is 3.06. The number of aliphatic hydroxyl groups is 2. The van der Waals surface area contributed by atoms with Crippen molar-refractivity contribution in [2.45, 2.75) is 26.1 Å². The number of anilines is 1. The first kappa shape index (κ1) is 18.8. The lowest BCUT2D eigenvalue weighted by Gasteiger charge is -2.21. The molecule has 4 aromatic rings. The van der Waals surface area contributed by atoms with Gasteiger partial charge in [0.1, 0.15) is 23.7 Å². The van der Waals surface area contributed by atoms with Crippen molar-refractivity contribution in [2.75, 3.05) is 12.3 Å². The Hall–Kier alpha value is -3.50. The van der Waals surface area contributed by atoms with Crippen LogP contribution in [0.3, 0.4) is 0 Å². The summed E-state index contributed by atoms with van der Waals surface area (Å²) in [5.41, 5.74) is 6.43. The zero-order chi connectivity index (χ0) is 20.6. The number of hydrogen-bond acceptors (Lipinski definition) is 9. The summed E-state index contributed by atoms with van der Waals surface area (Å²) in [6.45, 7) is 3.57. The summed E-state index contributed by atoms with van der Waals surface area (Å²) in [5, 5.41) is 24.2. The van der Waals surface area contributed by atoms with Gasteiger partial charge < -0.3 is 25.2 Å². The van der Waals surface area contributed by atoms with E-state index in [-0.39, 0.29) is 24.0 Å². The van der Waals surface area contributed by atoms with Gasteiger partial charge in [0, 0.05) is 18.3 Å². The van der Waals surface area contributed by atoms with Crippen molar-refractivity contribution in [1.29, 1.82) is 0 Å². The minimum atomic E-state index is -1.46. The van der Waals surface area contributed by atoms with Gasteiger partial charge in [0.25, 0.3) is 0 Å². The maximum absolute atomic E-state index is 11.1. The molecule has 0 aliphatic rings. The number of aliphatic hydroxyl groups excluding tert-OH is 1. The molecule has 1 atom stereocenters. The molecule has 1 unspecified atom stereocenters. The first-order chi connectivity index (χ1) is 13.9. The number of nitrogens with two attached hydrogens (primary N) is 1. The van der Waals surface area contributed by atoms with Crippen molar-refractivity contribution < 1.29 is 19.5 Å². The lowest BCUT2D eigenvalue weighted by atomic mass is 9.92. The van der Waals surface area contributed by atoms with Crippen molar-refractivity contribution >= 4 is 17.0 Å². The van der Waals surface area contributed by atoms with Crippen LogP contribution in [0.25, 0.3) is 16.9 Å². The van der Waals surface area contributed by atoms with E-state index in [2.05, 4.69) is 20.1 Å². The first-order valence-electron chi connectivity index (χ1n) is 8.98. The molecule has 0 aliphatic heterocycles. The molecule has 0 radical (unpaired) electrons. The van der Waals surface area contributed by atoms with Crippen molar-refractivity contribution in [3.8, 4) is 11.8 Å². The van der Waals surface area contributed by atoms with Gasteiger partial charge in [-0.3, -0.25) is 0 Å². The summed E-state index contributed by atoms with van der Waals surface area (Å²) in [6.07, 6.45) is 1.55. The molecular formula is C19H20N6O4. The molecule has 0 amide bonds. The molecule has 1 aromatic carbocycles. The van der Waals surface area contributed by atoms with Crippen LogP contribution in [0.4, 0.5) is 5.95 Å². The van der Waals surface area contributed by atoms with Crippen molar-refractivity contribution in [2.24, 2.45) is 0 Å². The van der Waals surface area contributed by atoms with E-state index in [0.717, 1.165) is 0 Å². The Labute approximate surface area is 165 Å². The summed E-state index contributed by atoms with van der Waals surface area (Å²) >= 11 is 0. The number of fused-ring (bicyclic) bond motifs is 1. The number of hydrogen-bond donors (Lipinski definition) is 3. The average molecular weight is 396 g/mol. The van der Waals surface area contributed by atoms with E-state index >= 15 is 0 Å². The van der Waals surface area contributed by atoms with E-state index in [1.165, 1.54) is 6.07 Å². The van der Waals surface area contributed by atoms with Crippen LogP contribution in [0.1, 0.15) is 30.9 Å². The number of ether oxygens (including phenoxy) is 1. The minimum absolute atomic E-state index is 0.120. The third-order valence-corrected chi connectivity index (χ3v) is 4.56. The maximum Gasteiger partial charge on any atom is 0.303 e. The summed E-state index contributed by atoms with van der Waals surface area (Å²) in [6, 6.07) is 8.85. The summed E-state index contributed by atoms with van der Waals surface area (Å²) < 4.78 is 12.4. The average Bonchev–Trinajstić information content (AvgIpc) is 3.32. The number of nitrogens with zero attached hydrogens (tertiary/aromatic N) is 5. The molecule has 0 saturated heterocycles. The van der Waals surface area contributed by atoms with Crippen LogP contribution in [0.15, 0.2) is 41.1 Å². The monoisotopic (exact) mass is 396 g/mol. The standard InChI is InChI=1S/C19H20N6O4/c1-3-28-18-22-13-5-4-11(19(2,27)15-9-12(10-26)29-24-15)8-14(13)25(18)16-6-7-21-17(20)23-16/h4-9,26-27H,3,10H2,1-2H3,(H2,20,21,23). The second kappa shape index (κ2) is 7.15. The predicted molar refractivity (Wildman–Crippen MR) is 103 cm³/mol. The minimum Gasteiger partial charge on any atom is -0.465 e. The van der Waals surface area contributed by atoms with Gasteiger partial charge in [0.2, 0.25) is 5.95 Å². The molecule has 4 N–H and O–H groups in total. The number of imidazole rings is 1. The molecule has 10 nitrogen and oxygen atoms in total. The molecule has 0 aliphatic carbocycles. The zero-order valence-corrected chi connectivity index (χ0v) is 15.9. The lowest BCUT2D eigenvalue weighted by Crippen LogP contribution is -2.23. The molecule has 0 spiro atoms. The summed E-state index contributed by atoms with van der Waals surface area (Å²) in [7, 11) is 0. The third kappa shape index (κ3) is 3.28. The number of rotatable bonds is 6. The highest BCUT2D eigenvalue weighted by molar-refractivity contribution is 5.80. The predicted octanol–water partition coefficient (Wildman–Crippen LogP) is 1.53. The normalized spacial score (nSPS) is 13.5. The lowest BCUT2D eigenvalue weighted by molar-refractivity contribution is 0.0929. The van der Waals surface area contributed by atoms with Crippen LogP contribution in [-0.4, -0.2) is 41.5 Å². The SMILES string of the molecule is CCOc1nc2ccc(C(C)(O)c3cc(CO)on3)cc2n1-c1ccnc(N)n1. The van der Waals surface area contributed by atoms with Crippen LogP contribution in [-0.2, 0) is 12.2 Å². The van der Waals surface area contributed by atoms with Gasteiger partial charge in [-0.05, 0) is 31.5 Å². The second-order valence-corrected chi connectivity index (χ2v) is 6.55. The van der Waals surface area contributed by atoms with Gasteiger partial charge in [-0.2, -0.15) is 9.97 Å². The molecular weight excluding hydrogens is 376 g/mol. The van der Waals surface area contributed by atoms with Crippen LogP contribution in [0.2, 0.25) is 0 Å². The second-order valence-electron chi connectivity index (χ2n) is 6.55. The Morgan fingerprint density at radius 3 is 2.76 bits per heavy atom. The van der Waals surface area contributed by atoms with E-state index in [1.54, 1.807) is 42.0 Å². The van der Waals surface area contributed by atoms with E-state index < -0.39 is 5.60 Å². The van der Waals surface area contributed by atoms with E-state index in [1.807, 2.05) is 6.92 Å². The molecule has 0 saturated carbocycles. The van der Waals surface area contributed by atoms with Crippen molar-refractivity contribution in [1.82, 2.24) is 24.7 Å². The van der Waals surface area contributed by atoms with Gasteiger partial charge in [0.15, 0.2) is 5.76 Å².